The average molecular weight is 295 g/mol. The lowest BCUT2D eigenvalue weighted by Crippen LogP contribution is -2.45. The minimum Gasteiger partial charge on any atom is -0.379 e. The van der Waals surface area contributed by atoms with Crippen molar-refractivity contribution in [1.82, 2.24) is 15.1 Å². The summed E-state index contributed by atoms with van der Waals surface area (Å²) in [6.07, 6.45) is 5.50. The Morgan fingerprint density at radius 1 is 1.05 bits per heavy atom. The van der Waals surface area contributed by atoms with E-state index in [1.807, 2.05) is 0 Å². The van der Waals surface area contributed by atoms with Crippen molar-refractivity contribution in [1.29, 1.82) is 0 Å². The van der Waals surface area contributed by atoms with Crippen molar-refractivity contribution in [2.75, 3.05) is 52.5 Å². The van der Waals surface area contributed by atoms with Gasteiger partial charge in [0.1, 0.15) is 0 Å². The molecule has 0 saturated carbocycles. The van der Waals surface area contributed by atoms with Crippen molar-refractivity contribution >= 4 is 5.91 Å². The van der Waals surface area contributed by atoms with Gasteiger partial charge in [-0.15, -0.1) is 0 Å². The minimum atomic E-state index is 0.236. The standard InChI is InChI=1S/C16H29N3O2/c20-16-2-1-15(3-6-17-16)19-7-4-14(5-8-19)13-18-9-11-21-12-10-18/h14-15H,1-13H2,(H,17,20). The van der Waals surface area contributed by atoms with E-state index in [9.17, 15) is 4.79 Å². The Morgan fingerprint density at radius 2 is 1.81 bits per heavy atom. The molecule has 1 unspecified atom stereocenters. The van der Waals surface area contributed by atoms with Gasteiger partial charge in [-0.3, -0.25) is 9.69 Å². The average Bonchev–Trinajstić information content (AvgIpc) is 2.74. The number of morpholine rings is 1. The van der Waals surface area contributed by atoms with Crippen molar-refractivity contribution in [2.24, 2.45) is 5.92 Å². The van der Waals surface area contributed by atoms with Crippen LogP contribution in [0.2, 0.25) is 0 Å². The smallest absolute Gasteiger partial charge is 0.220 e. The van der Waals surface area contributed by atoms with Crippen LogP contribution in [0, 0.1) is 5.92 Å². The van der Waals surface area contributed by atoms with Crippen molar-refractivity contribution < 1.29 is 9.53 Å². The summed E-state index contributed by atoms with van der Waals surface area (Å²) in [4.78, 5) is 16.6. The summed E-state index contributed by atoms with van der Waals surface area (Å²) in [6, 6.07) is 0.619. The molecule has 5 nitrogen and oxygen atoms in total. The first-order valence-corrected chi connectivity index (χ1v) is 8.62. The molecule has 3 saturated heterocycles. The summed E-state index contributed by atoms with van der Waals surface area (Å²) >= 11 is 0. The number of carbonyl (C=O) groups is 1. The first-order chi connectivity index (χ1) is 10.3. The number of hydrogen-bond acceptors (Lipinski definition) is 4. The van der Waals surface area contributed by atoms with Crippen LogP contribution in [0.1, 0.15) is 32.1 Å². The fourth-order valence-electron chi connectivity index (χ4n) is 3.92. The second-order valence-electron chi connectivity index (χ2n) is 6.72. The Labute approximate surface area is 128 Å². The summed E-state index contributed by atoms with van der Waals surface area (Å²) in [5.74, 6) is 1.09. The monoisotopic (exact) mass is 295 g/mol. The molecule has 21 heavy (non-hydrogen) atoms. The quantitative estimate of drug-likeness (QED) is 0.832. The maximum Gasteiger partial charge on any atom is 0.220 e. The predicted octanol–water partition coefficient (Wildman–Crippen LogP) is 0.699. The largest absolute Gasteiger partial charge is 0.379 e. The first-order valence-electron chi connectivity index (χ1n) is 8.62. The van der Waals surface area contributed by atoms with E-state index in [1.165, 1.54) is 32.5 Å². The molecule has 3 aliphatic rings. The SMILES string of the molecule is O=C1CCC(N2CCC(CN3CCOCC3)CC2)CCN1. The van der Waals surface area contributed by atoms with Crippen LogP contribution in [0.25, 0.3) is 0 Å². The number of likely N-dealkylation sites (tertiary alicyclic amines) is 1. The molecule has 1 atom stereocenters. The Morgan fingerprint density at radius 3 is 2.57 bits per heavy atom. The van der Waals surface area contributed by atoms with E-state index in [-0.39, 0.29) is 5.91 Å². The second kappa shape index (κ2) is 7.56. The molecule has 0 aliphatic carbocycles. The third-order valence-electron chi connectivity index (χ3n) is 5.29. The van der Waals surface area contributed by atoms with Crippen molar-refractivity contribution in [3.8, 4) is 0 Å². The lowest BCUT2D eigenvalue weighted by atomic mass is 9.93. The van der Waals surface area contributed by atoms with Crippen molar-refractivity contribution in [3.63, 3.8) is 0 Å². The molecule has 3 fully saturated rings. The highest BCUT2D eigenvalue weighted by Crippen LogP contribution is 2.23. The molecule has 3 aliphatic heterocycles. The Hall–Kier alpha value is -0.650. The highest BCUT2D eigenvalue weighted by molar-refractivity contribution is 5.76. The van der Waals surface area contributed by atoms with Crippen LogP contribution >= 0.6 is 0 Å². The van der Waals surface area contributed by atoms with Crippen molar-refractivity contribution in [3.05, 3.63) is 0 Å². The molecule has 0 aromatic heterocycles. The molecule has 0 bridgehead atoms. The summed E-state index contributed by atoms with van der Waals surface area (Å²) in [6.45, 7) is 8.57. The van der Waals surface area contributed by atoms with Gasteiger partial charge in [-0.25, -0.2) is 0 Å². The normalized spacial score (nSPS) is 30.9. The third kappa shape index (κ3) is 4.41. The summed E-state index contributed by atoms with van der Waals surface area (Å²) < 4.78 is 5.42. The van der Waals surface area contributed by atoms with Crippen LogP contribution in [0.5, 0.6) is 0 Å². The zero-order valence-electron chi connectivity index (χ0n) is 13.1. The highest BCUT2D eigenvalue weighted by atomic mass is 16.5. The number of amides is 1. The molecule has 1 amide bonds. The molecular weight excluding hydrogens is 266 g/mol. The highest BCUT2D eigenvalue weighted by Gasteiger charge is 2.27. The number of rotatable bonds is 3. The third-order valence-corrected chi connectivity index (χ3v) is 5.29. The van der Waals surface area contributed by atoms with Gasteiger partial charge >= 0.3 is 0 Å². The van der Waals surface area contributed by atoms with Gasteiger partial charge in [-0.1, -0.05) is 0 Å². The van der Waals surface area contributed by atoms with Crippen LogP contribution in [-0.2, 0) is 9.53 Å². The van der Waals surface area contributed by atoms with Gasteiger partial charge in [0, 0.05) is 38.6 Å². The number of carbonyl (C=O) groups excluding carboxylic acids is 1. The number of nitrogens with zero attached hydrogens (tertiary/aromatic N) is 2. The molecule has 3 rings (SSSR count). The number of piperidine rings is 1. The zero-order chi connectivity index (χ0) is 14.5. The fraction of sp³-hybridized carbons (Fsp3) is 0.938. The Kier molecular flexibility index (Phi) is 5.49. The molecule has 0 aromatic rings. The molecule has 120 valence electrons. The maximum atomic E-state index is 11.4. The van der Waals surface area contributed by atoms with Crippen LogP contribution in [0.3, 0.4) is 0 Å². The maximum absolute atomic E-state index is 11.4. The van der Waals surface area contributed by atoms with E-state index in [0.717, 1.165) is 51.6 Å². The molecule has 5 heteroatoms. The van der Waals surface area contributed by atoms with Crippen molar-refractivity contribution in [2.45, 2.75) is 38.1 Å². The lowest BCUT2D eigenvalue weighted by Gasteiger charge is -2.39. The summed E-state index contributed by atoms with van der Waals surface area (Å²) in [5, 5.41) is 2.99. The van der Waals surface area contributed by atoms with E-state index in [2.05, 4.69) is 15.1 Å². The van der Waals surface area contributed by atoms with E-state index in [0.29, 0.717) is 12.5 Å². The van der Waals surface area contributed by atoms with E-state index in [4.69, 9.17) is 4.74 Å². The lowest BCUT2D eigenvalue weighted by molar-refractivity contribution is -0.120. The Bertz CT molecular complexity index is 336. The van der Waals surface area contributed by atoms with Crippen LogP contribution in [-0.4, -0.2) is 74.2 Å². The zero-order valence-corrected chi connectivity index (χ0v) is 13.1. The molecule has 0 spiro atoms. The van der Waals surface area contributed by atoms with Gasteiger partial charge < -0.3 is 15.0 Å². The van der Waals surface area contributed by atoms with Gasteiger partial charge in [0.05, 0.1) is 13.2 Å². The van der Waals surface area contributed by atoms with Crippen LogP contribution < -0.4 is 5.32 Å². The molecule has 0 aromatic carbocycles. The fourth-order valence-corrected chi connectivity index (χ4v) is 3.92. The Balaban J connectivity index is 1.40. The van der Waals surface area contributed by atoms with Gasteiger partial charge in [-0.2, -0.15) is 0 Å². The van der Waals surface area contributed by atoms with E-state index < -0.39 is 0 Å². The molecular formula is C16H29N3O2. The van der Waals surface area contributed by atoms with Crippen LogP contribution in [0.4, 0.5) is 0 Å². The predicted molar refractivity (Wildman–Crippen MR) is 82.2 cm³/mol. The minimum absolute atomic E-state index is 0.236. The summed E-state index contributed by atoms with van der Waals surface area (Å²) in [5.41, 5.74) is 0. The van der Waals surface area contributed by atoms with Crippen LogP contribution in [0.15, 0.2) is 0 Å². The van der Waals surface area contributed by atoms with E-state index >= 15 is 0 Å². The first kappa shape index (κ1) is 15.3. The van der Waals surface area contributed by atoms with Gasteiger partial charge in [0.15, 0.2) is 0 Å². The summed E-state index contributed by atoms with van der Waals surface area (Å²) in [7, 11) is 0. The number of ether oxygens (including phenoxy) is 1. The number of nitrogens with one attached hydrogen (secondary N) is 1. The number of hydrogen-bond donors (Lipinski definition) is 1. The molecule has 1 N–H and O–H groups in total. The molecule has 3 heterocycles. The van der Waals surface area contributed by atoms with Gasteiger partial charge in [-0.05, 0) is 44.7 Å². The van der Waals surface area contributed by atoms with Gasteiger partial charge in [0.25, 0.3) is 0 Å². The second-order valence-corrected chi connectivity index (χ2v) is 6.72. The van der Waals surface area contributed by atoms with E-state index in [1.54, 1.807) is 0 Å². The molecule has 0 radical (unpaired) electrons. The van der Waals surface area contributed by atoms with Gasteiger partial charge in [0.2, 0.25) is 5.91 Å². The topological polar surface area (TPSA) is 44.8 Å².